The highest BCUT2D eigenvalue weighted by molar-refractivity contribution is 7.80. The number of aromatic nitrogens is 1. The summed E-state index contributed by atoms with van der Waals surface area (Å²) in [5.41, 5.74) is -0.0255. The Hall–Kier alpha value is -0.700. The largest absolute Gasteiger partial charge is 0.319 e. The van der Waals surface area contributed by atoms with Gasteiger partial charge in [-0.1, -0.05) is 0 Å². The topological polar surface area (TPSA) is 22.0 Å². The van der Waals surface area contributed by atoms with Gasteiger partial charge >= 0.3 is 0 Å². The number of thiol groups is 1. The monoisotopic (exact) mass is 141 g/mol. The van der Waals surface area contributed by atoms with Crippen molar-refractivity contribution in [3.63, 3.8) is 0 Å². The van der Waals surface area contributed by atoms with Crippen LogP contribution in [0.3, 0.4) is 0 Å². The summed E-state index contributed by atoms with van der Waals surface area (Å²) in [5, 5.41) is 0. The maximum Gasteiger partial charge on any atom is 0.251 e. The lowest BCUT2D eigenvalue weighted by atomic mass is 10.5. The Morgan fingerprint density at radius 3 is 2.78 bits per heavy atom. The Morgan fingerprint density at radius 1 is 1.67 bits per heavy atom. The summed E-state index contributed by atoms with van der Waals surface area (Å²) in [7, 11) is 1.70. The maximum atomic E-state index is 10.8. The van der Waals surface area contributed by atoms with Crippen molar-refractivity contribution >= 4 is 12.6 Å². The molecule has 0 unspecified atom stereocenters. The molecule has 0 saturated carbocycles. The van der Waals surface area contributed by atoms with E-state index in [1.165, 1.54) is 10.6 Å². The first-order chi connectivity index (χ1) is 4.20. The Bertz CT molecular complexity index is 266. The molecule has 0 saturated heterocycles. The summed E-state index contributed by atoms with van der Waals surface area (Å²) in [6, 6.07) is 3.24. The van der Waals surface area contributed by atoms with E-state index in [2.05, 4.69) is 12.6 Å². The highest BCUT2D eigenvalue weighted by Gasteiger charge is 1.87. The molecule has 0 bridgehead atoms. The molecule has 0 N–H and O–H groups in total. The predicted molar refractivity (Wildman–Crippen MR) is 38.9 cm³/mol. The van der Waals surface area contributed by atoms with Crippen molar-refractivity contribution < 1.29 is 0 Å². The van der Waals surface area contributed by atoms with Crippen LogP contribution >= 0.6 is 12.6 Å². The predicted octanol–water partition coefficient (Wildman–Crippen LogP) is 0.674. The first-order valence-corrected chi connectivity index (χ1v) is 3.00. The number of aryl methyl sites for hydroxylation is 1. The van der Waals surface area contributed by atoms with Gasteiger partial charge in [0, 0.05) is 24.2 Å². The fourth-order valence-corrected chi connectivity index (χ4v) is 0.715. The van der Waals surface area contributed by atoms with E-state index in [0.717, 1.165) is 0 Å². The van der Waals surface area contributed by atoms with E-state index in [9.17, 15) is 4.79 Å². The molecular formula is C6H7NOS. The lowest BCUT2D eigenvalue weighted by Gasteiger charge is -1.93. The third kappa shape index (κ3) is 1.36. The molecule has 0 spiro atoms. The zero-order valence-electron chi connectivity index (χ0n) is 5.03. The lowest BCUT2D eigenvalue weighted by Crippen LogP contribution is -2.13. The highest BCUT2D eigenvalue weighted by atomic mass is 32.1. The quantitative estimate of drug-likeness (QED) is 0.527. The van der Waals surface area contributed by atoms with E-state index in [-0.39, 0.29) is 5.56 Å². The Balaban J connectivity index is 3.34. The number of hydrogen-bond donors (Lipinski definition) is 1. The average Bonchev–Trinajstić information content (AvgIpc) is 1.80. The van der Waals surface area contributed by atoms with Gasteiger partial charge in [-0.3, -0.25) is 4.79 Å². The molecule has 1 rings (SSSR count). The molecule has 0 aliphatic carbocycles. The molecule has 0 aromatic carbocycles. The van der Waals surface area contributed by atoms with Crippen molar-refractivity contribution in [1.82, 2.24) is 4.57 Å². The smallest absolute Gasteiger partial charge is 0.251 e. The van der Waals surface area contributed by atoms with Crippen LogP contribution in [0.15, 0.2) is 28.0 Å². The van der Waals surface area contributed by atoms with Crippen LogP contribution in [0.5, 0.6) is 0 Å². The van der Waals surface area contributed by atoms with E-state index in [1.54, 1.807) is 19.3 Å². The normalized spacial score (nSPS) is 9.56. The Labute approximate surface area is 58.5 Å². The van der Waals surface area contributed by atoms with E-state index in [1.807, 2.05) is 0 Å². The molecule has 0 atom stereocenters. The molecule has 0 aliphatic heterocycles. The SMILES string of the molecule is Cn1ccc(S)cc1=O. The molecule has 0 radical (unpaired) electrons. The zero-order valence-corrected chi connectivity index (χ0v) is 5.93. The van der Waals surface area contributed by atoms with Gasteiger partial charge in [0.2, 0.25) is 0 Å². The molecule has 1 aromatic heterocycles. The van der Waals surface area contributed by atoms with Gasteiger partial charge in [-0.15, -0.1) is 12.6 Å². The van der Waals surface area contributed by atoms with Crippen LogP contribution in [0.1, 0.15) is 0 Å². The molecule has 0 aliphatic rings. The van der Waals surface area contributed by atoms with Gasteiger partial charge < -0.3 is 4.57 Å². The van der Waals surface area contributed by atoms with E-state index >= 15 is 0 Å². The number of pyridine rings is 1. The van der Waals surface area contributed by atoms with Crippen LogP contribution in [0, 0.1) is 0 Å². The second kappa shape index (κ2) is 2.27. The van der Waals surface area contributed by atoms with Crippen LogP contribution in [-0.4, -0.2) is 4.57 Å². The van der Waals surface area contributed by atoms with Gasteiger partial charge in [-0.25, -0.2) is 0 Å². The fourth-order valence-electron chi connectivity index (χ4n) is 0.538. The first kappa shape index (κ1) is 6.42. The van der Waals surface area contributed by atoms with Crippen molar-refractivity contribution in [2.45, 2.75) is 4.90 Å². The van der Waals surface area contributed by atoms with Crippen molar-refractivity contribution in [3.8, 4) is 0 Å². The van der Waals surface area contributed by atoms with E-state index < -0.39 is 0 Å². The van der Waals surface area contributed by atoms with Crippen molar-refractivity contribution in [2.75, 3.05) is 0 Å². The molecule has 9 heavy (non-hydrogen) atoms. The van der Waals surface area contributed by atoms with Crippen molar-refractivity contribution in [3.05, 3.63) is 28.7 Å². The van der Waals surface area contributed by atoms with Crippen LogP contribution < -0.4 is 5.56 Å². The zero-order chi connectivity index (χ0) is 6.85. The molecule has 3 heteroatoms. The number of rotatable bonds is 0. The minimum Gasteiger partial charge on any atom is -0.319 e. The van der Waals surface area contributed by atoms with Gasteiger partial charge in [0.25, 0.3) is 5.56 Å². The van der Waals surface area contributed by atoms with Crippen molar-refractivity contribution in [1.29, 1.82) is 0 Å². The molecule has 2 nitrogen and oxygen atoms in total. The van der Waals surface area contributed by atoms with Crippen LogP contribution in [0.2, 0.25) is 0 Å². The summed E-state index contributed by atoms with van der Waals surface area (Å²) in [4.78, 5) is 11.5. The van der Waals surface area contributed by atoms with Crippen LogP contribution in [-0.2, 0) is 7.05 Å². The summed E-state index contributed by atoms with van der Waals surface area (Å²) in [6.07, 6.45) is 1.69. The Kier molecular flexibility index (Phi) is 1.62. The summed E-state index contributed by atoms with van der Waals surface area (Å²) in [6.45, 7) is 0. The van der Waals surface area contributed by atoms with Crippen molar-refractivity contribution in [2.24, 2.45) is 7.05 Å². The third-order valence-electron chi connectivity index (χ3n) is 1.09. The first-order valence-electron chi connectivity index (χ1n) is 2.56. The van der Waals surface area contributed by atoms with Crippen LogP contribution in [0.25, 0.3) is 0 Å². The molecule has 1 aromatic rings. The summed E-state index contributed by atoms with van der Waals surface area (Å²) < 4.78 is 1.50. The summed E-state index contributed by atoms with van der Waals surface area (Å²) in [5.74, 6) is 0. The van der Waals surface area contributed by atoms with Gasteiger partial charge in [0.15, 0.2) is 0 Å². The second-order valence-electron chi connectivity index (χ2n) is 1.83. The fraction of sp³-hybridized carbons (Fsp3) is 0.167. The maximum absolute atomic E-state index is 10.8. The molecular weight excluding hydrogens is 134 g/mol. The Morgan fingerprint density at radius 2 is 2.33 bits per heavy atom. The van der Waals surface area contributed by atoms with Gasteiger partial charge in [-0.2, -0.15) is 0 Å². The molecule has 1 heterocycles. The van der Waals surface area contributed by atoms with Gasteiger partial charge in [0.05, 0.1) is 0 Å². The third-order valence-corrected chi connectivity index (χ3v) is 1.37. The molecule has 0 amide bonds. The van der Waals surface area contributed by atoms with Gasteiger partial charge in [-0.05, 0) is 6.07 Å². The minimum absolute atomic E-state index is 0.0255. The van der Waals surface area contributed by atoms with Crippen LogP contribution in [0.4, 0.5) is 0 Å². The summed E-state index contributed by atoms with van der Waals surface area (Å²) >= 11 is 3.99. The average molecular weight is 141 g/mol. The molecule has 48 valence electrons. The number of nitrogens with zero attached hydrogens (tertiary/aromatic N) is 1. The van der Waals surface area contributed by atoms with E-state index in [4.69, 9.17) is 0 Å². The standard InChI is InChI=1S/C6H7NOS/c1-7-3-2-5(9)4-6(7)8/h2-4,9H,1H3. The lowest BCUT2D eigenvalue weighted by molar-refractivity contribution is 0.850. The molecule has 0 fully saturated rings. The van der Waals surface area contributed by atoms with Gasteiger partial charge in [0.1, 0.15) is 0 Å². The second-order valence-corrected chi connectivity index (χ2v) is 2.35. The van der Waals surface area contributed by atoms with E-state index in [0.29, 0.717) is 4.90 Å². The minimum atomic E-state index is -0.0255. The highest BCUT2D eigenvalue weighted by Crippen LogP contribution is 1.97. The number of hydrogen-bond acceptors (Lipinski definition) is 2.